The minimum Gasteiger partial charge on any atom is -0.478 e. The van der Waals surface area contributed by atoms with Crippen molar-refractivity contribution in [1.29, 1.82) is 0 Å². The van der Waals surface area contributed by atoms with Crippen LogP contribution in [-0.4, -0.2) is 19.0 Å². The van der Waals surface area contributed by atoms with Gasteiger partial charge in [-0.1, -0.05) is 29.8 Å². The van der Waals surface area contributed by atoms with E-state index in [4.69, 9.17) is 10.5 Å². The number of aliphatic imine (C=N–C) groups is 1. The van der Waals surface area contributed by atoms with Crippen LogP contribution in [0.25, 0.3) is 0 Å². The Kier molecular flexibility index (Phi) is 3.02. The summed E-state index contributed by atoms with van der Waals surface area (Å²) in [5.41, 5.74) is 7.94. The maximum absolute atomic E-state index is 5.47. The smallest absolute Gasteiger partial charge is 0.185 e. The molecule has 0 saturated heterocycles. The molecule has 1 atom stereocenters. The number of aryl methyl sites for hydroxylation is 1. The number of rotatable bonds is 3. The first-order valence-corrected chi connectivity index (χ1v) is 5.25. The van der Waals surface area contributed by atoms with Crippen molar-refractivity contribution in [2.24, 2.45) is 10.7 Å². The fourth-order valence-corrected chi connectivity index (χ4v) is 1.73. The molecule has 1 heterocycles. The quantitative estimate of drug-likeness (QED) is 0.816. The third kappa shape index (κ3) is 2.36. The van der Waals surface area contributed by atoms with Crippen LogP contribution in [0, 0.1) is 6.92 Å². The van der Waals surface area contributed by atoms with Crippen molar-refractivity contribution in [3.05, 3.63) is 35.4 Å². The molecule has 80 valence electrons. The molecule has 3 nitrogen and oxygen atoms in total. The van der Waals surface area contributed by atoms with E-state index in [9.17, 15) is 0 Å². The van der Waals surface area contributed by atoms with E-state index >= 15 is 0 Å². The zero-order chi connectivity index (χ0) is 10.7. The van der Waals surface area contributed by atoms with Crippen molar-refractivity contribution in [3.8, 4) is 0 Å². The molecule has 0 saturated carbocycles. The van der Waals surface area contributed by atoms with E-state index in [1.165, 1.54) is 11.1 Å². The molecule has 3 heteroatoms. The van der Waals surface area contributed by atoms with Gasteiger partial charge in [-0.05, 0) is 12.5 Å². The van der Waals surface area contributed by atoms with Crippen LogP contribution < -0.4 is 5.73 Å². The predicted octanol–water partition coefficient (Wildman–Crippen LogP) is 1.81. The number of hydrogen-bond acceptors (Lipinski definition) is 3. The van der Waals surface area contributed by atoms with Crippen LogP contribution >= 0.6 is 0 Å². The van der Waals surface area contributed by atoms with E-state index in [1.807, 2.05) is 0 Å². The first-order chi connectivity index (χ1) is 7.29. The molecule has 0 aliphatic carbocycles. The van der Waals surface area contributed by atoms with E-state index < -0.39 is 0 Å². The lowest BCUT2D eigenvalue weighted by molar-refractivity contribution is 0.312. The summed E-state index contributed by atoms with van der Waals surface area (Å²) in [4.78, 5) is 4.50. The van der Waals surface area contributed by atoms with Crippen LogP contribution in [0.4, 0.5) is 0 Å². The summed E-state index contributed by atoms with van der Waals surface area (Å²) in [7, 11) is 0. The lowest BCUT2D eigenvalue weighted by Gasteiger charge is -2.05. The van der Waals surface area contributed by atoms with Gasteiger partial charge in [0.15, 0.2) is 5.90 Å². The molecule has 0 radical (unpaired) electrons. The van der Waals surface area contributed by atoms with Crippen molar-refractivity contribution in [3.63, 3.8) is 0 Å². The van der Waals surface area contributed by atoms with Gasteiger partial charge >= 0.3 is 0 Å². The van der Waals surface area contributed by atoms with E-state index in [-0.39, 0.29) is 6.04 Å². The maximum Gasteiger partial charge on any atom is 0.185 e. The van der Waals surface area contributed by atoms with E-state index in [0.29, 0.717) is 13.2 Å². The standard InChI is InChI=1S/C12H16N2O/c1-9-3-2-4-10(7-9)11-8-15-12(14-11)5-6-13/h2-4,7,11H,5-6,8,13H2,1H3. The van der Waals surface area contributed by atoms with Gasteiger partial charge in [-0.3, -0.25) is 0 Å². The van der Waals surface area contributed by atoms with Crippen LogP contribution in [0.1, 0.15) is 23.6 Å². The van der Waals surface area contributed by atoms with Gasteiger partial charge in [0.05, 0.1) is 0 Å². The highest BCUT2D eigenvalue weighted by molar-refractivity contribution is 5.78. The summed E-state index contributed by atoms with van der Waals surface area (Å²) in [6, 6.07) is 8.55. The molecular weight excluding hydrogens is 188 g/mol. The molecule has 0 aromatic heterocycles. The Bertz CT molecular complexity index is 374. The Morgan fingerprint density at radius 2 is 2.40 bits per heavy atom. The summed E-state index contributed by atoms with van der Waals surface area (Å²) >= 11 is 0. The van der Waals surface area contributed by atoms with Crippen LogP contribution in [0.3, 0.4) is 0 Å². The average Bonchev–Trinajstić information content (AvgIpc) is 2.67. The van der Waals surface area contributed by atoms with E-state index in [1.54, 1.807) is 0 Å². The molecule has 0 amide bonds. The molecular formula is C12H16N2O. The topological polar surface area (TPSA) is 47.6 Å². The zero-order valence-electron chi connectivity index (χ0n) is 8.94. The molecule has 1 aromatic carbocycles. The van der Waals surface area contributed by atoms with E-state index in [0.717, 1.165) is 12.3 Å². The highest BCUT2D eigenvalue weighted by atomic mass is 16.5. The molecule has 1 unspecified atom stereocenters. The largest absolute Gasteiger partial charge is 0.478 e. The molecule has 1 aliphatic heterocycles. The van der Waals surface area contributed by atoms with Gasteiger partial charge in [0.1, 0.15) is 12.6 Å². The molecule has 0 fully saturated rings. The van der Waals surface area contributed by atoms with Gasteiger partial charge in [0, 0.05) is 13.0 Å². The molecule has 1 aliphatic rings. The number of nitrogens with zero attached hydrogens (tertiary/aromatic N) is 1. The Labute approximate surface area is 90.0 Å². The Hall–Kier alpha value is -1.35. The fourth-order valence-electron chi connectivity index (χ4n) is 1.73. The maximum atomic E-state index is 5.47. The van der Waals surface area contributed by atoms with Gasteiger partial charge in [0.25, 0.3) is 0 Å². The lowest BCUT2D eigenvalue weighted by atomic mass is 10.1. The van der Waals surface area contributed by atoms with Gasteiger partial charge in [0.2, 0.25) is 0 Å². The summed E-state index contributed by atoms with van der Waals surface area (Å²) in [6.45, 7) is 3.34. The summed E-state index contributed by atoms with van der Waals surface area (Å²) in [5, 5.41) is 0. The second-order valence-electron chi connectivity index (χ2n) is 3.80. The first-order valence-electron chi connectivity index (χ1n) is 5.25. The van der Waals surface area contributed by atoms with Gasteiger partial charge in [-0.15, -0.1) is 0 Å². The summed E-state index contributed by atoms with van der Waals surface area (Å²) in [6.07, 6.45) is 0.738. The molecule has 0 spiro atoms. The zero-order valence-corrected chi connectivity index (χ0v) is 8.94. The van der Waals surface area contributed by atoms with Gasteiger partial charge < -0.3 is 10.5 Å². The third-order valence-corrected chi connectivity index (χ3v) is 2.49. The van der Waals surface area contributed by atoms with Gasteiger partial charge in [-0.25, -0.2) is 4.99 Å². The normalized spacial score (nSPS) is 19.9. The minimum atomic E-state index is 0.159. The van der Waals surface area contributed by atoms with Crippen molar-refractivity contribution in [2.75, 3.05) is 13.2 Å². The molecule has 2 rings (SSSR count). The number of hydrogen-bond donors (Lipinski definition) is 1. The van der Waals surface area contributed by atoms with Gasteiger partial charge in [-0.2, -0.15) is 0 Å². The SMILES string of the molecule is Cc1cccc(C2COC(CCN)=N2)c1. The van der Waals surface area contributed by atoms with Crippen molar-refractivity contribution in [2.45, 2.75) is 19.4 Å². The Morgan fingerprint density at radius 1 is 1.53 bits per heavy atom. The minimum absolute atomic E-state index is 0.159. The Morgan fingerprint density at radius 3 is 3.13 bits per heavy atom. The highest BCUT2D eigenvalue weighted by Gasteiger charge is 2.19. The average molecular weight is 204 g/mol. The summed E-state index contributed by atoms with van der Waals surface area (Å²) < 4.78 is 5.47. The number of benzene rings is 1. The van der Waals surface area contributed by atoms with Crippen molar-refractivity contribution in [1.82, 2.24) is 0 Å². The van der Waals surface area contributed by atoms with Crippen molar-refractivity contribution >= 4 is 5.90 Å². The van der Waals surface area contributed by atoms with Crippen LogP contribution in [-0.2, 0) is 4.74 Å². The van der Waals surface area contributed by atoms with Crippen LogP contribution in [0.2, 0.25) is 0 Å². The monoisotopic (exact) mass is 204 g/mol. The second-order valence-corrected chi connectivity index (χ2v) is 3.80. The molecule has 2 N–H and O–H groups in total. The number of ether oxygens (including phenoxy) is 1. The molecule has 1 aromatic rings. The lowest BCUT2D eigenvalue weighted by Crippen LogP contribution is -2.07. The number of nitrogens with two attached hydrogens (primary N) is 1. The molecule has 15 heavy (non-hydrogen) atoms. The van der Waals surface area contributed by atoms with E-state index in [2.05, 4.69) is 36.2 Å². The van der Waals surface area contributed by atoms with Crippen LogP contribution in [0.15, 0.2) is 29.3 Å². The summed E-state index contributed by atoms with van der Waals surface area (Å²) in [5.74, 6) is 0.795. The predicted molar refractivity (Wildman–Crippen MR) is 61.0 cm³/mol. The third-order valence-electron chi connectivity index (χ3n) is 2.49. The molecule has 0 bridgehead atoms. The first kappa shape index (κ1) is 10.2. The van der Waals surface area contributed by atoms with Crippen LogP contribution in [0.5, 0.6) is 0 Å². The van der Waals surface area contributed by atoms with Crippen molar-refractivity contribution < 1.29 is 4.74 Å². The highest BCUT2D eigenvalue weighted by Crippen LogP contribution is 2.24. The Balaban J connectivity index is 2.13. The fraction of sp³-hybridized carbons (Fsp3) is 0.417. The second kappa shape index (κ2) is 4.45.